The molecule has 0 aliphatic rings. The number of anilines is 1. The molecule has 2 N–H and O–H groups in total. The second kappa shape index (κ2) is 5.21. The average molecular weight is 243 g/mol. The molecule has 0 saturated carbocycles. The van der Waals surface area contributed by atoms with Crippen LogP contribution in [0.3, 0.4) is 0 Å². The van der Waals surface area contributed by atoms with Gasteiger partial charge in [0, 0.05) is 17.0 Å². The van der Waals surface area contributed by atoms with Crippen molar-refractivity contribution in [1.82, 2.24) is 0 Å². The van der Waals surface area contributed by atoms with Crippen molar-refractivity contribution in [1.29, 1.82) is 0 Å². The van der Waals surface area contributed by atoms with Crippen LogP contribution >= 0.6 is 0 Å². The second-order valence-corrected chi connectivity index (χ2v) is 6.03. The summed E-state index contributed by atoms with van der Waals surface area (Å²) in [6.07, 6.45) is 0. The molecular formula is C11H17NO3S. The monoisotopic (exact) mass is 243 g/mol. The van der Waals surface area contributed by atoms with Crippen LogP contribution in [0.4, 0.5) is 5.69 Å². The van der Waals surface area contributed by atoms with E-state index in [1.807, 2.05) is 6.92 Å². The number of rotatable bonds is 5. The van der Waals surface area contributed by atoms with Crippen molar-refractivity contribution in [2.75, 3.05) is 23.8 Å². The predicted molar refractivity (Wildman–Crippen MR) is 65.4 cm³/mol. The van der Waals surface area contributed by atoms with E-state index in [-0.39, 0.29) is 18.1 Å². The SMILES string of the molecule is CCS(=O)(=O)CCOc1cccc(N)c1C. The average Bonchev–Trinajstić information content (AvgIpc) is 2.24. The molecule has 0 aromatic heterocycles. The van der Waals surface area contributed by atoms with Crippen LogP contribution in [-0.4, -0.2) is 26.5 Å². The third kappa shape index (κ3) is 3.41. The van der Waals surface area contributed by atoms with Gasteiger partial charge in [0.05, 0.1) is 5.75 Å². The normalized spacial score (nSPS) is 11.4. The topological polar surface area (TPSA) is 69.4 Å². The van der Waals surface area contributed by atoms with Crippen LogP contribution in [0.2, 0.25) is 0 Å². The molecule has 4 nitrogen and oxygen atoms in total. The van der Waals surface area contributed by atoms with Crippen LogP contribution in [0, 0.1) is 6.92 Å². The summed E-state index contributed by atoms with van der Waals surface area (Å²) >= 11 is 0. The van der Waals surface area contributed by atoms with Crippen LogP contribution < -0.4 is 10.5 Å². The third-order valence-corrected chi connectivity index (χ3v) is 4.09. The lowest BCUT2D eigenvalue weighted by Crippen LogP contribution is -2.16. The Balaban J connectivity index is 2.59. The van der Waals surface area contributed by atoms with Crippen molar-refractivity contribution in [2.24, 2.45) is 0 Å². The van der Waals surface area contributed by atoms with Gasteiger partial charge in [-0.2, -0.15) is 0 Å². The molecule has 0 aliphatic heterocycles. The van der Waals surface area contributed by atoms with E-state index < -0.39 is 9.84 Å². The molecule has 0 saturated heterocycles. The number of benzene rings is 1. The minimum absolute atomic E-state index is 0.0394. The summed E-state index contributed by atoms with van der Waals surface area (Å²) in [5.74, 6) is 0.829. The Hall–Kier alpha value is -1.23. The smallest absolute Gasteiger partial charge is 0.153 e. The number of nitrogens with two attached hydrogens (primary N) is 1. The standard InChI is InChI=1S/C11H17NO3S/c1-3-16(13,14)8-7-15-11-6-4-5-10(12)9(11)2/h4-6H,3,7-8,12H2,1-2H3. The number of nitrogen functional groups attached to an aromatic ring is 1. The maximum absolute atomic E-state index is 11.2. The summed E-state index contributed by atoms with van der Waals surface area (Å²) in [5, 5.41) is 0. The number of hydrogen-bond acceptors (Lipinski definition) is 4. The quantitative estimate of drug-likeness (QED) is 0.793. The molecule has 1 aromatic rings. The van der Waals surface area contributed by atoms with Gasteiger partial charge in [0.1, 0.15) is 12.4 Å². The van der Waals surface area contributed by atoms with Crippen LogP contribution in [0.25, 0.3) is 0 Å². The Labute approximate surface area is 96.3 Å². The van der Waals surface area contributed by atoms with Crippen molar-refractivity contribution < 1.29 is 13.2 Å². The first-order chi connectivity index (χ1) is 7.46. The molecule has 0 aliphatic carbocycles. The van der Waals surface area contributed by atoms with Crippen molar-refractivity contribution >= 4 is 15.5 Å². The summed E-state index contributed by atoms with van der Waals surface area (Å²) < 4.78 is 27.9. The summed E-state index contributed by atoms with van der Waals surface area (Å²) in [6.45, 7) is 3.64. The molecule has 0 heterocycles. The van der Waals surface area contributed by atoms with E-state index in [2.05, 4.69) is 0 Å². The van der Waals surface area contributed by atoms with Crippen molar-refractivity contribution in [3.63, 3.8) is 0 Å². The molecule has 0 atom stereocenters. The Kier molecular flexibility index (Phi) is 4.18. The molecule has 0 fully saturated rings. The Morgan fingerprint density at radius 3 is 2.69 bits per heavy atom. The molecule has 5 heteroatoms. The molecule has 16 heavy (non-hydrogen) atoms. The highest BCUT2D eigenvalue weighted by molar-refractivity contribution is 7.91. The summed E-state index contributed by atoms with van der Waals surface area (Å²) in [5.41, 5.74) is 7.20. The molecular weight excluding hydrogens is 226 g/mol. The van der Waals surface area contributed by atoms with E-state index in [1.54, 1.807) is 25.1 Å². The molecule has 0 unspecified atom stereocenters. The lowest BCUT2D eigenvalue weighted by molar-refractivity contribution is 0.339. The summed E-state index contributed by atoms with van der Waals surface area (Å²) in [4.78, 5) is 0. The Bertz CT molecular complexity index is 454. The van der Waals surface area contributed by atoms with E-state index in [0.717, 1.165) is 5.56 Å². The van der Waals surface area contributed by atoms with Crippen molar-refractivity contribution in [2.45, 2.75) is 13.8 Å². The molecule has 0 bridgehead atoms. The minimum Gasteiger partial charge on any atom is -0.492 e. The maximum Gasteiger partial charge on any atom is 0.153 e. The van der Waals surface area contributed by atoms with Gasteiger partial charge in [-0.3, -0.25) is 0 Å². The Morgan fingerprint density at radius 1 is 1.38 bits per heavy atom. The molecule has 0 amide bonds. The van der Waals surface area contributed by atoms with E-state index in [4.69, 9.17) is 10.5 Å². The highest BCUT2D eigenvalue weighted by Crippen LogP contribution is 2.22. The van der Waals surface area contributed by atoms with Gasteiger partial charge in [0.25, 0.3) is 0 Å². The first kappa shape index (κ1) is 12.8. The number of ether oxygens (including phenoxy) is 1. The van der Waals surface area contributed by atoms with Gasteiger partial charge >= 0.3 is 0 Å². The molecule has 1 aromatic carbocycles. The fourth-order valence-corrected chi connectivity index (χ4v) is 1.84. The zero-order chi connectivity index (χ0) is 12.2. The van der Waals surface area contributed by atoms with E-state index >= 15 is 0 Å². The van der Waals surface area contributed by atoms with Crippen molar-refractivity contribution in [3.05, 3.63) is 23.8 Å². The summed E-state index contributed by atoms with van der Waals surface area (Å²) in [7, 11) is -2.97. The molecule has 1 rings (SSSR count). The van der Waals surface area contributed by atoms with Crippen LogP contribution in [-0.2, 0) is 9.84 Å². The van der Waals surface area contributed by atoms with Gasteiger partial charge in [-0.1, -0.05) is 13.0 Å². The zero-order valence-corrected chi connectivity index (χ0v) is 10.4. The van der Waals surface area contributed by atoms with Gasteiger partial charge in [-0.05, 0) is 19.1 Å². The fourth-order valence-electron chi connectivity index (χ4n) is 1.21. The van der Waals surface area contributed by atoms with Gasteiger partial charge in [-0.15, -0.1) is 0 Å². The molecule has 0 spiro atoms. The fraction of sp³-hybridized carbons (Fsp3) is 0.455. The maximum atomic E-state index is 11.2. The van der Waals surface area contributed by atoms with Crippen LogP contribution in [0.5, 0.6) is 5.75 Å². The molecule has 90 valence electrons. The number of hydrogen-bond donors (Lipinski definition) is 1. The second-order valence-electron chi connectivity index (χ2n) is 3.56. The van der Waals surface area contributed by atoms with Gasteiger partial charge < -0.3 is 10.5 Å². The first-order valence-electron chi connectivity index (χ1n) is 5.14. The van der Waals surface area contributed by atoms with Gasteiger partial charge in [-0.25, -0.2) is 8.42 Å². The first-order valence-corrected chi connectivity index (χ1v) is 6.96. The van der Waals surface area contributed by atoms with E-state index in [0.29, 0.717) is 11.4 Å². The lowest BCUT2D eigenvalue weighted by atomic mass is 10.2. The lowest BCUT2D eigenvalue weighted by Gasteiger charge is -2.10. The van der Waals surface area contributed by atoms with E-state index in [9.17, 15) is 8.42 Å². The highest BCUT2D eigenvalue weighted by atomic mass is 32.2. The van der Waals surface area contributed by atoms with E-state index in [1.165, 1.54) is 0 Å². The van der Waals surface area contributed by atoms with Crippen LogP contribution in [0.15, 0.2) is 18.2 Å². The minimum atomic E-state index is -2.97. The number of sulfone groups is 1. The molecule has 0 radical (unpaired) electrons. The largest absolute Gasteiger partial charge is 0.492 e. The third-order valence-electron chi connectivity index (χ3n) is 2.42. The van der Waals surface area contributed by atoms with Crippen molar-refractivity contribution in [3.8, 4) is 5.75 Å². The Morgan fingerprint density at radius 2 is 2.06 bits per heavy atom. The van der Waals surface area contributed by atoms with Crippen LogP contribution in [0.1, 0.15) is 12.5 Å². The summed E-state index contributed by atoms with van der Waals surface area (Å²) in [6, 6.07) is 5.35. The highest BCUT2D eigenvalue weighted by Gasteiger charge is 2.08. The van der Waals surface area contributed by atoms with Gasteiger partial charge in [0.2, 0.25) is 0 Å². The van der Waals surface area contributed by atoms with Gasteiger partial charge in [0.15, 0.2) is 9.84 Å². The zero-order valence-electron chi connectivity index (χ0n) is 9.56. The predicted octanol–water partition coefficient (Wildman–Crippen LogP) is 1.39.